The third kappa shape index (κ3) is 5.32. The summed E-state index contributed by atoms with van der Waals surface area (Å²) in [5, 5.41) is 25.7. The van der Waals surface area contributed by atoms with Gasteiger partial charge in [0.15, 0.2) is 5.78 Å². The van der Waals surface area contributed by atoms with Gasteiger partial charge in [-0.2, -0.15) is 0 Å². The fourth-order valence-electron chi connectivity index (χ4n) is 7.33. The van der Waals surface area contributed by atoms with Gasteiger partial charge in [0.25, 0.3) is 0 Å². The minimum Gasteiger partial charge on any atom is -0.458 e. The number of Topliss-reactive ketones (excluding diaryl/α,β-unsaturated/α-hetero) is 1. The van der Waals surface area contributed by atoms with Gasteiger partial charge in [0.05, 0.1) is 6.10 Å². The van der Waals surface area contributed by atoms with E-state index in [0.29, 0.717) is 25.9 Å². The molecule has 8 atom stereocenters. The Hall–Kier alpha value is -1.97. The fourth-order valence-corrected chi connectivity index (χ4v) is 7.33. The van der Waals surface area contributed by atoms with Crippen molar-refractivity contribution in [3.05, 3.63) is 12.7 Å². The predicted octanol–water partition coefficient (Wildman–Crippen LogP) is 3.38. The summed E-state index contributed by atoms with van der Waals surface area (Å²) in [5.41, 5.74) is -1.14. The monoisotopic (exact) mass is 522 g/mol. The molecular formula is C28H46N2O7. The molecule has 37 heavy (non-hydrogen) atoms. The second kappa shape index (κ2) is 11.0. The summed E-state index contributed by atoms with van der Waals surface area (Å²) < 4.78 is 11.8. The molecule has 1 amide bonds. The molecule has 3 aliphatic rings. The van der Waals surface area contributed by atoms with Crippen LogP contribution in [0.25, 0.3) is 0 Å². The minimum atomic E-state index is -2.03. The second-order valence-electron chi connectivity index (χ2n) is 12.3. The second-order valence-corrected chi connectivity index (χ2v) is 12.3. The van der Waals surface area contributed by atoms with Crippen LogP contribution in [0.3, 0.4) is 0 Å². The van der Waals surface area contributed by atoms with Crippen molar-refractivity contribution in [1.82, 2.24) is 10.4 Å². The molecule has 0 aromatic carbocycles. The highest BCUT2D eigenvalue weighted by molar-refractivity contribution is 5.89. The Labute approximate surface area is 220 Å². The number of hydrazine groups is 1. The highest BCUT2D eigenvalue weighted by Crippen LogP contribution is 2.64. The molecule has 2 saturated carbocycles. The zero-order valence-corrected chi connectivity index (χ0v) is 23.3. The highest BCUT2D eigenvalue weighted by Gasteiger charge is 2.74. The van der Waals surface area contributed by atoms with Gasteiger partial charge >= 0.3 is 12.1 Å². The molecule has 3 rings (SSSR count). The number of ketones is 1. The number of nitrogens with one attached hydrogen (secondary N) is 1. The van der Waals surface area contributed by atoms with E-state index in [2.05, 4.69) is 12.0 Å². The van der Waals surface area contributed by atoms with Crippen LogP contribution in [0.4, 0.5) is 4.79 Å². The first-order valence-corrected chi connectivity index (χ1v) is 13.7. The zero-order chi connectivity index (χ0) is 27.8. The zero-order valence-electron chi connectivity index (χ0n) is 23.3. The van der Waals surface area contributed by atoms with E-state index in [-0.39, 0.29) is 12.3 Å². The molecule has 0 aromatic heterocycles. The van der Waals surface area contributed by atoms with Crippen LogP contribution in [0.2, 0.25) is 0 Å². The Morgan fingerprint density at radius 1 is 1.14 bits per heavy atom. The summed E-state index contributed by atoms with van der Waals surface area (Å²) >= 11 is 0. The molecule has 1 heterocycles. The molecule has 0 aromatic rings. The van der Waals surface area contributed by atoms with Crippen molar-refractivity contribution >= 4 is 17.8 Å². The van der Waals surface area contributed by atoms with Gasteiger partial charge in [0, 0.05) is 43.7 Å². The van der Waals surface area contributed by atoms with Gasteiger partial charge in [0.1, 0.15) is 17.8 Å². The number of aliphatic hydroxyl groups excluding tert-OH is 1. The minimum absolute atomic E-state index is 0.0214. The van der Waals surface area contributed by atoms with E-state index >= 15 is 0 Å². The maximum Gasteiger partial charge on any atom is 0.422 e. The summed E-state index contributed by atoms with van der Waals surface area (Å²) in [7, 11) is 0. The molecule has 2 aliphatic carbocycles. The number of aliphatic hydroxyl groups is 2. The summed E-state index contributed by atoms with van der Waals surface area (Å²) in [6, 6.07) is 0. The molecule has 0 spiro atoms. The van der Waals surface area contributed by atoms with Gasteiger partial charge in [-0.15, -0.1) is 6.58 Å². The number of esters is 1. The maximum atomic E-state index is 13.9. The lowest BCUT2D eigenvalue weighted by molar-refractivity contribution is -0.293. The van der Waals surface area contributed by atoms with E-state index in [1.807, 2.05) is 25.8 Å². The van der Waals surface area contributed by atoms with Gasteiger partial charge in [-0.05, 0) is 37.0 Å². The molecule has 0 unspecified atom stereocenters. The summed E-state index contributed by atoms with van der Waals surface area (Å²) in [6.07, 6.45) is 1.89. The summed E-state index contributed by atoms with van der Waals surface area (Å²) in [6.45, 7) is 15.6. The lowest BCUT2D eigenvalue weighted by atomic mass is 9.41. The van der Waals surface area contributed by atoms with Crippen molar-refractivity contribution in [3.63, 3.8) is 0 Å². The van der Waals surface area contributed by atoms with E-state index in [1.165, 1.54) is 6.92 Å². The van der Waals surface area contributed by atoms with Crippen LogP contribution in [0.15, 0.2) is 12.7 Å². The Morgan fingerprint density at radius 3 is 2.32 bits per heavy atom. The molecule has 3 N–H and O–H groups in total. The van der Waals surface area contributed by atoms with Crippen LogP contribution < -0.4 is 5.43 Å². The highest BCUT2D eigenvalue weighted by atomic mass is 16.6. The first kappa shape index (κ1) is 29.6. The average molecular weight is 523 g/mol. The van der Waals surface area contributed by atoms with Crippen molar-refractivity contribution < 1.29 is 34.1 Å². The van der Waals surface area contributed by atoms with Crippen LogP contribution in [0, 0.1) is 28.6 Å². The van der Waals surface area contributed by atoms with Crippen LogP contribution in [0.1, 0.15) is 80.1 Å². The Morgan fingerprint density at radius 2 is 1.76 bits per heavy atom. The Balaban J connectivity index is 2.10. The number of amides is 1. The lowest BCUT2D eigenvalue weighted by Gasteiger charge is -2.66. The number of carbonyl (C=O) groups is 3. The third-order valence-corrected chi connectivity index (χ3v) is 9.35. The number of ether oxygens (including phenoxy) is 2. The Kier molecular flexibility index (Phi) is 8.82. The van der Waals surface area contributed by atoms with Gasteiger partial charge in [-0.3, -0.25) is 15.0 Å². The number of rotatable bonds is 7. The number of hydrogen-bond donors (Lipinski definition) is 3. The Bertz CT molecular complexity index is 886. The molecule has 0 bridgehead atoms. The van der Waals surface area contributed by atoms with Gasteiger partial charge in [0.2, 0.25) is 0 Å². The van der Waals surface area contributed by atoms with Gasteiger partial charge in [-0.1, -0.05) is 47.1 Å². The van der Waals surface area contributed by atoms with E-state index in [4.69, 9.17) is 9.47 Å². The van der Waals surface area contributed by atoms with Crippen LogP contribution in [0.5, 0.6) is 0 Å². The molecule has 9 nitrogen and oxygen atoms in total. The van der Waals surface area contributed by atoms with Crippen LogP contribution in [-0.2, 0) is 19.1 Å². The molecule has 9 heteroatoms. The average Bonchev–Trinajstić information content (AvgIpc) is 2.82. The SMILES string of the molecule is C=C[C@@H](C)CC(=O)[C@]1(O)[C@@H](C)[C@H](OC(C)=O)[C@H](OC(=O)NN2CCCCC2)[C@H]2C(C)(C)CC[C@@H](O)[C@@]21C. The number of carbonyl (C=O) groups excluding carboxylic acids is 3. The van der Waals surface area contributed by atoms with Crippen molar-refractivity contribution in [2.45, 2.75) is 104 Å². The van der Waals surface area contributed by atoms with Crippen molar-refractivity contribution in [3.8, 4) is 0 Å². The smallest absolute Gasteiger partial charge is 0.422 e. The number of hydrogen-bond acceptors (Lipinski definition) is 8. The molecular weight excluding hydrogens is 476 g/mol. The van der Waals surface area contributed by atoms with E-state index < -0.39 is 64.4 Å². The normalized spacial score (nSPS) is 38.5. The molecule has 1 saturated heterocycles. The lowest BCUT2D eigenvalue weighted by Crippen LogP contribution is -2.77. The van der Waals surface area contributed by atoms with Gasteiger partial charge in [-0.25, -0.2) is 9.80 Å². The first-order valence-electron chi connectivity index (χ1n) is 13.7. The number of fused-ring (bicyclic) bond motifs is 1. The quantitative estimate of drug-likeness (QED) is 0.343. The predicted molar refractivity (Wildman–Crippen MR) is 138 cm³/mol. The number of nitrogens with zero attached hydrogens (tertiary/aromatic N) is 1. The fraction of sp³-hybridized carbons (Fsp3) is 0.821. The van der Waals surface area contributed by atoms with E-state index in [9.17, 15) is 24.6 Å². The van der Waals surface area contributed by atoms with E-state index in [1.54, 1.807) is 19.9 Å². The maximum absolute atomic E-state index is 13.9. The molecule has 0 radical (unpaired) electrons. The van der Waals surface area contributed by atoms with Crippen molar-refractivity contribution in [2.24, 2.45) is 28.6 Å². The van der Waals surface area contributed by atoms with Crippen LogP contribution >= 0.6 is 0 Å². The topological polar surface area (TPSA) is 125 Å². The molecule has 210 valence electrons. The van der Waals surface area contributed by atoms with Crippen LogP contribution in [-0.4, -0.2) is 70.1 Å². The standard InChI is InChI=1S/C28H46N2O7/c1-8-17(2)16-21(33)28(35)18(3)22(36-19(4)31)23(37-25(34)29-30-14-10-9-11-15-30)24-26(5,6)13-12-20(32)27(24,28)7/h8,17-18,20,22-24,32,35H,1,9-16H2,2-7H3,(H,29,34)/t17-,18+,20-,22+,23+,24+,27+,28-/m1/s1. The van der Waals surface area contributed by atoms with Gasteiger partial charge < -0.3 is 19.7 Å². The van der Waals surface area contributed by atoms with E-state index in [0.717, 1.165) is 19.3 Å². The molecule has 3 fully saturated rings. The number of allylic oxidation sites excluding steroid dienone is 1. The summed E-state index contributed by atoms with van der Waals surface area (Å²) in [4.78, 5) is 39.3. The first-order chi connectivity index (χ1) is 17.2. The third-order valence-electron chi connectivity index (χ3n) is 9.35. The van der Waals surface area contributed by atoms with Crippen molar-refractivity contribution in [1.29, 1.82) is 0 Å². The number of piperidine rings is 1. The summed E-state index contributed by atoms with van der Waals surface area (Å²) in [5.74, 6) is -2.86. The van der Waals surface area contributed by atoms with Crippen molar-refractivity contribution in [2.75, 3.05) is 13.1 Å². The molecule has 1 aliphatic heterocycles. The largest absolute Gasteiger partial charge is 0.458 e.